The highest BCUT2D eigenvalue weighted by Gasteiger charge is 2.39. The van der Waals surface area contributed by atoms with Gasteiger partial charge in [0.15, 0.2) is 23.3 Å². The van der Waals surface area contributed by atoms with Gasteiger partial charge < -0.3 is 0 Å². The number of halogens is 4. The topological polar surface area (TPSA) is 119 Å². The quantitative estimate of drug-likeness (QED) is 0.131. The van der Waals surface area contributed by atoms with Crippen LogP contribution >= 0.6 is 0 Å². The number of nitrogens with zero attached hydrogens (tertiary/aromatic N) is 5. The van der Waals surface area contributed by atoms with E-state index in [0.29, 0.717) is 22.3 Å². The first kappa shape index (κ1) is 23.8. The van der Waals surface area contributed by atoms with Crippen LogP contribution in [0.4, 0.5) is 17.6 Å². The summed E-state index contributed by atoms with van der Waals surface area (Å²) >= 11 is 0. The SMILES string of the molecule is N#CC(C#N)=C1c2ccccc2-c2ccc(C3=C(C#N)c4c(F)c(F)c(F)c(F)c4C3=C(C#N)C#N)cc21. The fourth-order valence-corrected chi connectivity index (χ4v) is 4.89. The first-order chi connectivity index (χ1) is 18.3. The van der Waals surface area contributed by atoms with Crippen LogP contribution in [0.3, 0.4) is 0 Å². The van der Waals surface area contributed by atoms with Crippen molar-refractivity contribution in [1.29, 1.82) is 26.3 Å². The Morgan fingerprint density at radius 2 is 1.08 bits per heavy atom. The molecule has 0 aromatic heterocycles. The van der Waals surface area contributed by atoms with E-state index >= 15 is 4.39 Å². The molecular weight excluding hydrogens is 494 g/mol. The van der Waals surface area contributed by atoms with Gasteiger partial charge in [-0.25, -0.2) is 17.6 Å². The lowest BCUT2D eigenvalue weighted by molar-refractivity contribution is 0.407. The molecule has 0 bridgehead atoms. The van der Waals surface area contributed by atoms with Crippen LogP contribution in [0.1, 0.15) is 27.8 Å². The maximum atomic E-state index is 15.0. The monoisotopic (exact) mass is 501 g/mol. The average molecular weight is 501 g/mol. The molecule has 5 rings (SSSR count). The van der Waals surface area contributed by atoms with Crippen LogP contribution in [0.5, 0.6) is 0 Å². The highest BCUT2D eigenvalue weighted by atomic mass is 19.2. The van der Waals surface area contributed by atoms with E-state index in [4.69, 9.17) is 0 Å². The van der Waals surface area contributed by atoms with Crippen molar-refractivity contribution in [3.63, 3.8) is 0 Å². The van der Waals surface area contributed by atoms with Crippen molar-refractivity contribution in [2.24, 2.45) is 0 Å². The number of rotatable bonds is 1. The van der Waals surface area contributed by atoms with Gasteiger partial charge in [-0.15, -0.1) is 0 Å². The van der Waals surface area contributed by atoms with Gasteiger partial charge in [-0.1, -0.05) is 36.4 Å². The van der Waals surface area contributed by atoms with Gasteiger partial charge in [-0.3, -0.25) is 0 Å². The third kappa shape index (κ3) is 2.99. The van der Waals surface area contributed by atoms with Gasteiger partial charge in [0.25, 0.3) is 0 Å². The van der Waals surface area contributed by atoms with Crippen LogP contribution in [-0.2, 0) is 0 Å². The van der Waals surface area contributed by atoms with Gasteiger partial charge in [0.05, 0.1) is 5.57 Å². The van der Waals surface area contributed by atoms with E-state index in [9.17, 15) is 39.5 Å². The first-order valence-corrected chi connectivity index (χ1v) is 10.7. The second-order valence-corrected chi connectivity index (χ2v) is 8.12. The van der Waals surface area contributed by atoms with E-state index < -0.39 is 51.1 Å². The molecule has 0 atom stereocenters. The molecule has 5 nitrogen and oxygen atoms in total. The molecule has 9 heteroatoms. The highest BCUT2D eigenvalue weighted by molar-refractivity contribution is 6.26. The number of hydrogen-bond acceptors (Lipinski definition) is 5. The molecule has 2 aliphatic rings. The maximum absolute atomic E-state index is 15.0. The summed E-state index contributed by atoms with van der Waals surface area (Å²) in [7, 11) is 0. The number of benzene rings is 3. The number of allylic oxidation sites excluding steroid dienone is 5. The zero-order chi connectivity index (χ0) is 27.3. The first-order valence-electron chi connectivity index (χ1n) is 10.7. The zero-order valence-electron chi connectivity index (χ0n) is 18.8. The van der Waals surface area contributed by atoms with Crippen LogP contribution in [0, 0.1) is 79.9 Å². The lowest BCUT2D eigenvalue weighted by Gasteiger charge is -2.12. The standard InChI is InChI=1S/C29H7F4N5/c30-26-24-20(12-38)22(23(15(10-36)11-37)25(24)27(31)29(33)28(26)32)13-5-6-17-16-3-1-2-4-18(16)21(19(17)7-13)14(8-34)9-35/h1-7H. The van der Waals surface area contributed by atoms with Gasteiger partial charge in [0, 0.05) is 27.8 Å². The molecule has 0 amide bonds. The molecule has 0 N–H and O–H groups in total. The largest absolute Gasteiger partial charge is 0.203 e. The highest BCUT2D eigenvalue weighted by Crippen LogP contribution is 2.52. The Balaban J connectivity index is 1.92. The molecule has 0 saturated heterocycles. The van der Waals surface area contributed by atoms with E-state index in [2.05, 4.69) is 0 Å². The Morgan fingerprint density at radius 1 is 0.553 bits per heavy atom. The van der Waals surface area contributed by atoms with Gasteiger partial charge in [-0.2, -0.15) is 26.3 Å². The normalized spacial score (nSPS) is 12.4. The number of nitriles is 5. The van der Waals surface area contributed by atoms with Crippen LogP contribution < -0.4 is 0 Å². The summed E-state index contributed by atoms with van der Waals surface area (Å²) in [6.07, 6.45) is 0. The smallest absolute Gasteiger partial charge is 0.198 e. The molecule has 3 aromatic rings. The van der Waals surface area contributed by atoms with Gasteiger partial charge >= 0.3 is 0 Å². The Kier molecular flexibility index (Phi) is 5.39. The second kappa shape index (κ2) is 8.61. The summed E-state index contributed by atoms with van der Waals surface area (Å²) in [5.74, 6) is -8.00. The summed E-state index contributed by atoms with van der Waals surface area (Å²) in [5.41, 5.74) is -1.69. The Labute approximate surface area is 212 Å². The molecule has 0 heterocycles. The van der Waals surface area contributed by atoms with Crippen molar-refractivity contribution in [2.45, 2.75) is 0 Å². The molecule has 38 heavy (non-hydrogen) atoms. The van der Waals surface area contributed by atoms with Crippen molar-refractivity contribution in [1.82, 2.24) is 0 Å². The van der Waals surface area contributed by atoms with Crippen LogP contribution in [0.2, 0.25) is 0 Å². The fourth-order valence-electron chi connectivity index (χ4n) is 4.89. The van der Waals surface area contributed by atoms with Crippen molar-refractivity contribution >= 4 is 22.3 Å². The second-order valence-electron chi connectivity index (χ2n) is 8.12. The summed E-state index contributed by atoms with van der Waals surface area (Å²) < 4.78 is 58.4. The maximum Gasteiger partial charge on any atom is 0.198 e. The molecule has 2 aliphatic carbocycles. The number of fused-ring (bicyclic) bond motifs is 4. The molecule has 0 aliphatic heterocycles. The number of hydrogen-bond donors (Lipinski definition) is 0. The van der Waals surface area contributed by atoms with Crippen molar-refractivity contribution in [3.05, 3.63) is 105 Å². The predicted octanol–water partition coefficient (Wildman–Crippen LogP) is 6.32. The van der Waals surface area contributed by atoms with Crippen molar-refractivity contribution < 1.29 is 17.6 Å². The zero-order valence-corrected chi connectivity index (χ0v) is 18.8. The van der Waals surface area contributed by atoms with E-state index in [1.165, 1.54) is 12.1 Å². The van der Waals surface area contributed by atoms with Gasteiger partial charge in [-0.05, 0) is 33.9 Å². The van der Waals surface area contributed by atoms with E-state index in [1.54, 1.807) is 48.5 Å². The summed E-state index contributed by atoms with van der Waals surface area (Å²) in [4.78, 5) is 0. The predicted molar refractivity (Wildman–Crippen MR) is 126 cm³/mol. The van der Waals surface area contributed by atoms with Crippen molar-refractivity contribution in [2.75, 3.05) is 0 Å². The third-order valence-corrected chi connectivity index (χ3v) is 6.39. The average Bonchev–Trinajstić information content (AvgIpc) is 3.45. The lowest BCUT2D eigenvalue weighted by Crippen LogP contribution is -2.04. The molecule has 0 spiro atoms. The van der Waals surface area contributed by atoms with E-state index in [1.807, 2.05) is 12.1 Å². The molecule has 0 radical (unpaired) electrons. The fraction of sp³-hybridized carbons (Fsp3) is 0. The summed E-state index contributed by atoms with van der Waals surface area (Å²) in [6, 6.07) is 19.9. The minimum absolute atomic E-state index is 0.0645. The van der Waals surface area contributed by atoms with Crippen LogP contribution in [0.25, 0.3) is 33.4 Å². The molecule has 176 valence electrons. The van der Waals surface area contributed by atoms with Gasteiger partial charge in [0.1, 0.15) is 41.5 Å². The Bertz CT molecular complexity index is 1930. The Morgan fingerprint density at radius 3 is 1.66 bits per heavy atom. The molecular formula is C29H7F4N5. The molecule has 0 unspecified atom stereocenters. The third-order valence-electron chi connectivity index (χ3n) is 6.39. The summed E-state index contributed by atoms with van der Waals surface area (Å²) in [5, 5.41) is 48.2. The minimum atomic E-state index is -2.16. The van der Waals surface area contributed by atoms with Gasteiger partial charge in [0.2, 0.25) is 0 Å². The van der Waals surface area contributed by atoms with E-state index in [0.717, 1.165) is 0 Å². The summed E-state index contributed by atoms with van der Waals surface area (Å²) in [6.45, 7) is 0. The Hall–Kier alpha value is -5.95. The van der Waals surface area contributed by atoms with Crippen LogP contribution in [-0.4, -0.2) is 0 Å². The van der Waals surface area contributed by atoms with Crippen LogP contribution in [0.15, 0.2) is 53.6 Å². The van der Waals surface area contributed by atoms with Crippen molar-refractivity contribution in [3.8, 4) is 41.5 Å². The minimum Gasteiger partial charge on any atom is -0.203 e. The molecule has 0 fully saturated rings. The molecule has 0 saturated carbocycles. The lowest BCUT2D eigenvalue weighted by atomic mass is 9.89. The van der Waals surface area contributed by atoms with E-state index in [-0.39, 0.29) is 22.3 Å². The molecule has 3 aromatic carbocycles.